The van der Waals surface area contributed by atoms with E-state index in [-0.39, 0.29) is 10.8 Å². The minimum atomic E-state index is -1.02. The van der Waals surface area contributed by atoms with Crippen LogP contribution in [0.5, 0.6) is 0 Å². The molecule has 0 saturated heterocycles. The molecule has 0 spiro atoms. The molecule has 0 aliphatic heterocycles. The third-order valence-electron chi connectivity index (χ3n) is 2.97. The first kappa shape index (κ1) is 19.4. The fourth-order valence-corrected chi connectivity index (χ4v) is 2.61. The summed E-state index contributed by atoms with van der Waals surface area (Å²) >= 11 is 15.0. The van der Waals surface area contributed by atoms with Gasteiger partial charge in [0.1, 0.15) is 0 Å². The zero-order valence-corrected chi connectivity index (χ0v) is 16.1. The van der Waals surface area contributed by atoms with Crippen molar-refractivity contribution < 1.29 is 14.3 Å². The van der Waals surface area contributed by atoms with Gasteiger partial charge in [-0.2, -0.15) is 0 Å². The largest absolute Gasteiger partial charge is 0.449 e. The lowest BCUT2D eigenvalue weighted by atomic mass is 10.2. The molecule has 8 heteroatoms. The van der Waals surface area contributed by atoms with Crippen molar-refractivity contribution in [2.75, 3.05) is 5.32 Å². The van der Waals surface area contributed by atoms with Crippen molar-refractivity contribution in [2.24, 2.45) is 0 Å². The van der Waals surface area contributed by atoms with E-state index in [1.807, 2.05) is 24.3 Å². The number of halogens is 3. The highest BCUT2D eigenvalue weighted by molar-refractivity contribution is 9.10. The van der Waals surface area contributed by atoms with Crippen LogP contribution in [0.15, 0.2) is 47.1 Å². The lowest BCUT2D eigenvalue weighted by Crippen LogP contribution is -2.29. The summed E-state index contributed by atoms with van der Waals surface area (Å²) in [4.78, 5) is 27.8. The predicted molar refractivity (Wildman–Crippen MR) is 102 cm³/mol. The molecule has 1 heterocycles. The second-order valence-corrected chi connectivity index (χ2v) is 6.70. The minimum absolute atomic E-state index is 0.142. The number of nitrogens with one attached hydrogen (secondary N) is 1. The summed E-state index contributed by atoms with van der Waals surface area (Å²) in [5.74, 6) is -1.05. The van der Waals surface area contributed by atoms with E-state index in [0.717, 1.165) is 10.0 Å². The number of esters is 1. The molecule has 2 rings (SSSR count). The van der Waals surface area contributed by atoms with Crippen molar-refractivity contribution >= 4 is 62.9 Å². The van der Waals surface area contributed by atoms with Gasteiger partial charge in [0.2, 0.25) is 0 Å². The van der Waals surface area contributed by atoms with Gasteiger partial charge in [-0.15, -0.1) is 0 Å². The van der Waals surface area contributed by atoms with Gasteiger partial charge in [-0.3, -0.25) is 4.79 Å². The Labute approximate surface area is 163 Å². The number of anilines is 1. The number of pyridine rings is 1. The normalized spacial score (nSPS) is 12.0. The molecular weight excluding hydrogens is 431 g/mol. The number of amides is 1. The van der Waals surface area contributed by atoms with E-state index in [1.165, 1.54) is 25.3 Å². The van der Waals surface area contributed by atoms with E-state index in [0.29, 0.717) is 5.02 Å². The standard InChI is InChI=1S/C17H13BrCl2N2O3/c1-10(17(24)22-16-14(20)8-13(19)9-21-16)25-15(23)6-5-11-3-2-4-12(18)7-11/h2-10H,1H3,(H,21,22,24). The molecule has 0 saturated carbocycles. The SMILES string of the molecule is CC(OC(=O)C=Cc1cccc(Br)c1)C(=O)Nc1ncc(Cl)cc1Cl. The molecular formula is C17H13BrCl2N2O3. The van der Waals surface area contributed by atoms with E-state index in [9.17, 15) is 9.59 Å². The quantitative estimate of drug-likeness (QED) is 0.535. The molecule has 1 aromatic carbocycles. The first-order valence-corrected chi connectivity index (χ1v) is 8.66. The molecule has 2 aromatic rings. The number of nitrogens with zero attached hydrogens (tertiary/aromatic N) is 1. The summed E-state index contributed by atoms with van der Waals surface area (Å²) in [7, 11) is 0. The van der Waals surface area contributed by atoms with E-state index in [4.69, 9.17) is 27.9 Å². The fraction of sp³-hybridized carbons (Fsp3) is 0.118. The van der Waals surface area contributed by atoms with Gasteiger partial charge in [-0.1, -0.05) is 51.3 Å². The number of hydrogen-bond donors (Lipinski definition) is 1. The molecule has 0 fully saturated rings. The second-order valence-electron chi connectivity index (χ2n) is 4.94. The summed E-state index contributed by atoms with van der Waals surface area (Å²) in [5, 5.41) is 3.01. The summed E-state index contributed by atoms with van der Waals surface area (Å²) in [6, 6.07) is 8.84. The zero-order valence-electron chi connectivity index (χ0n) is 13.0. The van der Waals surface area contributed by atoms with Gasteiger partial charge >= 0.3 is 5.97 Å². The van der Waals surface area contributed by atoms with Crippen LogP contribution in [0.4, 0.5) is 5.82 Å². The minimum Gasteiger partial charge on any atom is -0.449 e. The van der Waals surface area contributed by atoms with Crippen LogP contribution in [0.2, 0.25) is 10.0 Å². The highest BCUT2D eigenvalue weighted by atomic mass is 79.9. The number of rotatable bonds is 5. The molecule has 0 aliphatic carbocycles. The summed E-state index contributed by atoms with van der Waals surface area (Å²) in [6.07, 6.45) is 3.17. The molecule has 1 aromatic heterocycles. The first-order chi connectivity index (χ1) is 11.8. The van der Waals surface area contributed by atoms with Crippen molar-refractivity contribution in [3.05, 3.63) is 62.7 Å². The maximum absolute atomic E-state index is 12.1. The van der Waals surface area contributed by atoms with E-state index < -0.39 is 18.0 Å². The third kappa shape index (κ3) is 6.16. The number of carbonyl (C=O) groups excluding carboxylic acids is 2. The Hall–Kier alpha value is -1.89. The van der Waals surface area contributed by atoms with E-state index >= 15 is 0 Å². The van der Waals surface area contributed by atoms with E-state index in [2.05, 4.69) is 26.2 Å². The average Bonchev–Trinajstić information content (AvgIpc) is 2.55. The Morgan fingerprint density at radius 1 is 1.32 bits per heavy atom. The van der Waals surface area contributed by atoms with Crippen molar-refractivity contribution in [1.82, 2.24) is 4.98 Å². The Morgan fingerprint density at radius 3 is 2.76 bits per heavy atom. The van der Waals surface area contributed by atoms with Crippen molar-refractivity contribution in [2.45, 2.75) is 13.0 Å². The number of hydrogen-bond acceptors (Lipinski definition) is 4. The maximum Gasteiger partial charge on any atom is 0.331 e. The van der Waals surface area contributed by atoms with Crippen molar-refractivity contribution in [3.8, 4) is 0 Å². The van der Waals surface area contributed by atoms with Gasteiger partial charge in [0.05, 0.1) is 10.0 Å². The highest BCUT2D eigenvalue weighted by Crippen LogP contribution is 2.22. The highest BCUT2D eigenvalue weighted by Gasteiger charge is 2.18. The fourth-order valence-electron chi connectivity index (χ4n) is 1.77. The van der Waals surface area contributed by atoms with Gasteiger partial charge in [0, 0.05) is 16.7 Å². The van der Waals surface area contributed by atoms with Crippen LogP contribution in [0.1, 0.15) is 12.5 Å². The number of aromatic nitrogens is 1. The molecule has 0 aliphatic rings. The van der Waals surface area contributed by atoms with Crippen LogP contribution in [-0.4, -0.2) is 23.0 Å². The summed E-state index contributed by atoms with van der Waals surface area (Å²) in [6.45, 7) is 1.45. The summed E-state index contributed by atoms with van der Waals surface area (Å²) < 4.78 is 5.95. The third-order valence-corrected chi connectivity index (χ3v) is 3.96. The smallest absolute Gasteiger partial charge is 0.331 e. The predicted octanol–water partition coefficient (Wildman–Crippen LogP) is 4.73. The monoisotopic (exact) mass is 442 g/mol. The lowest BCUT2D eigenvalue weighted by Gasteiger charge is -2.12. The number of ether oxygens (including phenoxy) is 1. The van der Waals surface area contributed by atoms with Gasteiger partial charge in [-0.05, 0) is 36.8 Å². The Morgan fingerprint density at radius 2 is 2.08 bits per heavy atom. The van der Waals surface area contributed by atoms with Gasteiger partial charge in [0.15, 0.2) is 11.9 Å². The molecule has 1 N–H and O–H groups in total. The van der Waals surface area contributed by atoms with E-state index in [1.54, 1.807) is 6.08 Å². The topological polar surface area (TPSA) is 68.3 Å². The van der Waals surface area contributed by atoms with Crippen molar-refractivity contribution in [1.29, 1.82) is 0 Å². The zero-order chi connectivity index (χ0) is 18.4. The first-order valence-electron chi connectivity index (χ1n) is 7.11. The van der Waals surface area contributed by atoms with Crippen LogP contribution in [0, 0.1) is 0 Å². The van der Waals surface area contributed by atoms with Gasteiger partial charge < -0.3 is 10.1 Å². The summed E-state index contributed by atoms with van der Waals surface area (Å²) in [5.41, 5.74) is 0.820. The molecule has 1 unspecified atom stereocenters. The van der Waals surface area contributed by atoms with Crippen LogP contribution >= 0.6 is 39.1 Å². The molecule has 25 heavy (non-hydrogen) atoms. The Kier molecular flexibility index (Phi) is 6.99. The molecule has 1 atom stereocenters. The van der Waals surface area contributed by atoms with Gasteiger partial charge in [-0.25, -0.2) is 9.78 Å². The Bertz CT molecular complexity index is 827. The van der Waals surface area contributed by atoms with Crippen LogP contribution in [0.3, 0.4) is 0 Å². The van der Waals surface area contributed by atoms with Crippen LogP contribution in [-0.2, 0) is 14.3 Å². The molecule has 0 radical (unpaired) electrons. The Balaban J connectivity index is 1.92. The maximum atomic E-state index is 12.1. The number of carbonyl (C=O) groups is 2. The van der Waals surface area contributed by atoms with Gasteiger partial charge in [0.25, 0.3) is 5.91 Å². The van der Waals surface area contributed by atoms with Crippen molar-refractivity contribution in [3.63, 3.8) is 0 Å². The number of benzene rings is 1. The molecule has 130 valence electrons. The molecule has 0 bridgehead atoms. The van der Waals surface area contributed by atoms with Crippen LogP contribution < -0.4 is 5.32 Å². The average molecular weight is 444 g/mol. The molecule has 5 nitrogen and oxygen atoms in total. The lowest BCUT2D eigenvalue weighted by molar-refractivity contribution is -0.148. The van der Waals surface area contributed by atoms with Crippen LogP contribution in [0.25, 0.3) is 6.08 Å². The second kappa shape index (κ2) is 8.99. The molecule has 1 amide bonds.